The molecule has 19 heavy (non-hydrogen) atoms. The minimum atomic E-state index is -0.284. The van der Waals surface area contributed by atoms with Crippen LogP contribution in [0, 0.1) is 11.3 Å². The van der Waals surface area contributed by atoms with Gasteiger partial charge in [-0.25, -0.2) is 0 Å². The van der Waals surface area contributed by atoms with Crippen molar-refractivity contribution in [2.75, 3.05) is 45.8 Å². The van der Waals surface area contributed by atoms with Crippen LogP contribution in [0.4, 0.5) is 0 Å². The van der Waals surface area contributed by atoms with E-state index in [1.165, 1.54) is 0 Å². The monoisotopic (exact) mass is 265 g/mol. The number of hydrogen-bond donors (Lipinski definition) is 2. The van der Waals surface area contributed by atoms with Crippen molar-refractivity contribution in [3.63, 3.8) is 0 Å². The fraction of sp³-hybridized carbons (Fsp3) is 0.692. The maximum atomic E-state index is 11.7. The Balaban J connectivity index is 2.49. The topological polar surface area (TPSA) is 85.4 Å². The normalized spacial score (nSPS) is 17.1. The number of hydrogen-bond acceptors (Lipinski definition) is 5. The Hall–Kier alpha value is -1.58. The van der Waals surface area contributed by atoms with E-state index >= 15 is 0 Å². The molecular weight excluding hydrogens is 242 g/mol. The highest BCUT2D eigenvalue weighted by Gasteiger charge is 2.16. The molecule has 1 fully saturated rings. The van der Waals surface area contributed by atoms with Gasteiger partial charge in [0.15, 0.2) is 0 Å². The smallest absolute Gasteiger partial charge is 0.263 e. The van der Waals surface area contributed by atoms with Crippen molar-refractivity contribution in [2.24, 2.45) is 5.73 Å². The third-order valence-corrected chi connectivity index (χ3v) is 3.06. The highest BCUT2D eigenvalue weighted by molar-refractivity contribution is 5.97. The number of carbonyl (C=O) groups is 1. The van der Waals surface area contributed by atoms with Crippen LogP contribution in [0.25, 0.3) is 0 Å². The van der Waals surface area contributed by atoms with Gasteiger partial charge < -0.3 is 16.0 Å². The van der Waals surface area contributed by atoms with Crippen molar-refractivity contribution < 1.29 is 4.79 Å². The van der Waals surface area contributed by atoms with Gasteiger partial charge >= 0.3 is 0 Å². The summed E-state index contributed by atoms with van der Waals surface area (Å²) in [7, 11) is 0. The van der Waals surface area contributed by atoms with Crippen LogP contribution < -0.4 is 11.1 Å². The minimum absolute atomic E-state index is 0.181. The van der Waals surface area contributed by atoms with E-state index in [-0.39, 0.29) is 11.5 Å². The van der Waals surface area contributed by atoms with Crippen LogP contribution in [0.1, 0.15) is 13.3 Å². The van der Waals surface area contributed by atoms with Crippen molar-refractivity contribution in [2.45, 2.75) is 13.3 Å². The van der Waals surface area contributed by atoms with Crippen LogP contribution in [-0.2, 0) is 4.79 Å². The van der Waals surface area contributed by atoms with Gasteiger partial charge in [0, 0.05) is 52.0 Å². The molecule has 1 aliphatic rings. The van der Waals surface area contributed by atoms with Crippen LogP contribution in [0.15, 0.2) is 11.8 Å². The quantitative estimate of drug-likeness (QED) is 0.499. The Bertz CT molecular complexity index is 353. The predicted octanol–water partition coefficient (Wildman–Crippen LogP) is -0.504. The SMILES string of the molecule is CCCNC(=O)/C(C#N)=C\N1CCN(CCN)CC1. The first-order valence-electron chi connectivity index (χ1n) is 6.77. The summed E-state index contributed by atoms with van der Waals surface area (Å²) in [5, 5.41) is 11.7. The molecule has 0 bridgehead atoms. The molecule has 6 nitrogen and oxygen atoms in total. The molecule has 3 N–H and O–H groups in total. The van der Waals surface area contributed by atoms with Crippen molar-refractivity contribution in [1.82, 2.24) is 15.1 Å². The molecular formula is C13H23N5O. The Morgan fingerprint density at radius 1 is 1.42 bits per heavy atom. The summed E-state index contributed by atoms with van der Waals surface area (Å²) in [5.41, 5.74) is 5.70. The second-order valence-corrected chi connectivity index (χ2v) is 4.58. The summed E-state index contributed by atoms with van der Waals surface area (Å²) in [6.07, 6.45) is 2.53. The van der Waals surface area contributed by atoms with E-state index < -0.39 is 0 Å². The Kier molecular flexibility index (Phi) is 6.93. The molecule has 0 aliphatic carbocycles. The van der Waals surface area contributed by atoms with Crippen LogP contribution in [0.2, 0.25) is 0 Å². The third kappa shape index (κ3) is 5.28. The number of carbonyl (C=O) groups excluding carboxylic acids is 1. The lowest BCUT2D eigenvalue weighted by Gasteiger charge is -2.33. The summed E-state index contributed by atoms with van der Waals surface area (Å²) in [6.45, 7) is 7.64. The molecule has 1 rings (SSSR count). The number of nitrogens with one attached hydrogen (secondary N) is 1. The van der Waals surface area contributed by atoms with Gasteiger partial charge in [0.25, 0.3) is 5.91 Å². The molecule has 0 radical (unpaired) electrons. The summed E-state index contributed by atoms with van der Waals surface area (Å²) in [6, 6.07) is 1.97. The van der Waals surface area contributed by atoms with E-state index in [0.29, 0.717) is 13.1 Å². The van der Waals surface area contributed by atoms with Gasteiger partial charge in [-0.3, -0.25) is 9.69 Å². The zero-order valence-corrected chi connectivity index (χ0v) is 11.6. The van der Waals surface area contributed by atoms with Crippen LogP contribution >= 0.6 is 0 Å². The molecule has 1 saturated heterocycles. The van der Waals surface area contributed by atoms with Crippen molar-refractivity contribution in [1.29, 1.82) is 5.26 Å². The van der Waals surface area contributed by atoms with Gasteiger partial charge in [-0.1, -0.05) is 6.92 Å². The zero-order valence-electron chi connectivity index (χ0n) is 11.6. The molecule has 0 aromatic rings. The van der Waals surface area contributed by atoms with E-state index in [4.69, 9.17) is 11.0 Å². The number of amides is 1. The molecule has 106 valence electrons. The Morgan fingerprint density at radius 3 is 2.63 bits per heavy atom. The number of piperazine rings is 1. The highest BCUT2D eigenvalue weighted by atomic mass is 16.1. The molecule has 0 spiro atoms. The van der Waals surface area contributed by atoms with Gasteiger partial charge in [-0.15, -0.1) is 0 Å². The predicted molar refractivity (Wildman–Crippen MR) is 74.1 cm³/mol. The third-order valence-electron chi connectivity index (χ3n) is 3.06. The lowest BCUT2D eigenvalue weighted by Crippen LogP contribution is -2.46. The maximum absolute atomic E-state index is 11.7. The largest absolute Gasteiger partial charge is 0.374 e. The van der Waals surface area contributed by atoms with Gasteiger partial charge in [-0.05, 0) is 6.42 Å². The Labute approximate surface area is 114 Å². The maximum Gasteiger partial charge on any atom is 0.263 e. The second kappa shape index (κ2) is 8.51. The minimum Gasteiger partial charge on any atom is -0.374 e. The molecule has 6 heteroatoms. The van der Waals surface area contributed by atoms with Crippen molar-refractivity contribution in [3.05, 3.63) is 11.8 Å². The Morgan fingerprint density at radius 2 is 2.11 bits per heavy atom. The summed E-state index contributed by atoms with van der Waals surface area (Å²) in [4.78, 5) is 16.0. The molecule has 0 unspecified atom stereocenters. The van der Waals surface area contributed by atoms with Gasteiger partial charge in [0.2, 0.25) is 0 Å². The van der Waals surface area contributed by atoms with Gasteiger partial charge in [-0.2, -0.15) is 5.26 Å². The summed E-state index contributed by atoms with van der Waals surface area (Å²) >= 11 is 0. The van der Waals surface area contributed by atoms with E-state index in [9.17, 15) is 4.79 Å². The van der Waals surface area contributed by atoms with Crippen LogP contribution in [-0.4, -0.2) is 61.5 Å². The van der Waals surface area contributed by atoms with Crippen molar-refractivity contribution >= 4 is 5.91 Å². The van der Waals surface area contributed by atoms with Gasteiger partial charge in [0.1, 0.15) is 11.6 Å². The van der Waals surface area contributed by atoms with E-state index in [2.05, 4.69) is 10.2 Å². The first kappa shape index (κ1) is 15.5. The molecule has 0 atom stereocenters. The van der Waals surface area contributed by atoms with Crippen LogP contribution in [0.5, 0.6) is 0 Å². The fourth-order valence-corrected chi connectivity index (χ4v) is 1.95. The average Bonchev–Trinajstić information content (AvgIpc) is 2.44. The molecule has 0 aromatic heterocycles. The first-order valence-corrected chi connectivity index (χ1v) is 6.77. The molecule has 1 amide bonds. The fourth-order valence-electron chi connectivity index (χ4n) is 1.95. The van der Waals surface area contributed by atoms with E-state index in [1.807, 2.05) is 17.9 Å². The number of nitrogens with zero attached hydrogens (tertiary/aromatic N) is 3. The lowest BCUT2D eigenvalue weighted by molar-refractivity contribution is -0.117. The summed E-state index contributed by atoms with van der Waals surface area (Å²) < 4.78 is 0. The van der Waals surface area contributed by atoms with Crippen molar-refractivity contribution in [3.8, 4) is 6.07 Å². The standard InChI is InChI=1S/C13H23N5O/c1-2-4-16-13(19)12(10-15)11-18-8-6-17(5-3-14)7-9-18/h11H,2-9,14H2,1H3,(H,16,19)/b12-11-. The van der Waals surface area contributed by atoms with Crippen LogP contribution in [0.3, 0.4) is 0 Å². The second-order valence-electron chi connectivity index (χ2n) is 4.58. The lowest BCUT2D eigenvalue weighted by atomic mass is 10.2. The number of nitriles is 1. The molecule has 1 aliphatic heterocycles. The molecule has 1 heterocycles. The number of nitrogens with two attached hydrogens (primary N) is 1. The van der Waals surface area contributed by atoms with E-state index in [1.54, 1.807) is 6.20 Å². The highest BCUT2D eigenvalue weighted by Crippen LogP contribution is 2.04. The average molecular weight is 265 g/mol. The molecule has 0 saturated carbocycles. The molecule has 0 aromatic carbocycles. The van der Waals surface area contributed by atoms with E-state index in [0.717, 1.165) is 39.1 Å². The van der Waals surface area contributed by atoms with Gasteiger partial charge in [0.05, 0.1) is 0 Å². The first-order chi connectivity index (χ1) is 9.21. The summed E-state index contributed by atoms with van der Waals surface area (Å²) in [5.74, 6) is -0.284. The number of rotatable bonds is 6. The zero-order chi connectivity index (χ0) is 14.1.